The number of amides is 2. The topological polar surface area (TPSA) is 59.0 Å². The van der Waals surface area contributed by atoms with E-state index in [0.717, 1.165) is 28.5 Å². The van der Waals surface area contributed by atoms with Crippen molar-refractivity contribution < 1.29 is 14.4 Å². The Hall–Kier alpha value is -3.18. The number of nitrogens with zero attached hydrogens (tertiary/aromatic N) is 2. The van der Waals surface area contributed by atoms with Gasteiger partial charge in [0, 0.05) is 16.9 Å². The van der Waals surface area contributed by atoms with Gasteiger partial charge in [-0.3, -0.25) is 14.5 Å². The smallest absolute Gasteiger partial charge is 0.238 e. The quantitative estimate of drug-likeness (QED) is 0.542. The van der Waals surface area contributed by atoms with Crippen LogP contribution in [0.3, 0.4) is 0 Å². The zero-order chi connectivity index (χ0) is 21.6. The first-order valence-electron chi connectivity index (χ1n) is 11.0. The number of imide groups is 1. The number of benzene rings is 3. The minimum atomic E-state index is -0.319. The average Bonchev–Trinajstić information content (AvgIpc) is 3.54. The number of fused-ring (bicyclic) bond motifs is 9. The molecule has 32 heavy (non-hydrogen) atoms. The van der Waals surface area contributed by atoms with E-state index in [1.54, 1.807) is 0 Å². The molecule has 2 aliphatic heterocycles. The molecule has 3 aromatic rings. The number of anilines is 1. The maximum absolute atomic E-state index is 13.6. The summed E-state index contributed by atoms with van der Waals surface area (Å²) in [5, 5.41) is 7.16. The van der Waals surface area contributed by atoms with Crippen molar-refractivity contribution >= 4 is 45.6 Å². The Morgan fingerprint density at radius 1 is 0.844 bits per heavy atom. The van der Waals surface area contributed by atoms with Crippen molar-refractivity contribution in [2.45, 2.75) is 12.5 Å². The van der Waals surface area contributed by atoms with Crippen molar-refractivity contribution in [3.63, 3.8) is 0 Å². The third-order valence-electron chi connectivity index (χ3n) is 7.82. The molecule has 2 bridgehead atoms. The van der Waals surface area contributed by atoms with Crippen molar-refractivity contribution in [2.75, 3.05) is 4.90 Å². The Kier molecular flexibility index (Phi) is 3.69. The molecule has 2 heterocycles. The van der Waals surface area contributed by atoms with Gasteiger partial charge in [-0.2, -0.15) is 0 Å². The molecular formula is C26H19ClN2O3. The summed E-state index contributed by atoms with van der Waals surface area (Å²) < 4.78 is 0. The maximum Gasteiger partial charge on any atom is 0.238 e. The van der Waals surface area contributed by atoms with Crippen LogP contribution < -0.4 is 4.90 Å². The molecule has 3 aromatic carbocycles. The third-order valence-corrected chi connectivity index (χ3v) is 8.07. The minimum Gasteiger partial charge on any atom is -0.391 e. The highest BCUT2D eigenvalue weighted by atomic mass is 35.5. The Morgan fingerprint density at radius 2 is 1.56 bits per heavy atom. The van der Waals surface area contributed by atoms with Crippen LogP contribution in [0.1, 0.15) is 12.0 Å². The standard InChI is InChI=1S/C26H19ClN2O3/c27-16-8-5-14(6-9-16)23-22-18-12-19(24(22)32-28-23)21-20(18)25(30)29(26(21)31)17-10-7-13-3-1-2-4-15(13)11-17/h1-11,18-22,24H,12H2/t18-,19-,20+,21-,22-,24+/m0/s1. The molecule has 2 aliphatic carbocycles. The van der Waals surface area contributed by atoms with Crippen LogP contribution >= 0.6 is 11.6 Å². The van der Waals surface area contributed by atoms with Gasteiger partial charge in [0.25, 0.3) is 0 Å². The van der Waals surface area contributed by atoms with Crippen LogP contribution in [0.25, 0.3) is 10.8 Å². The molecule has 2 saturated carbocycles. The number of hydrogen-bond acceptors (Lipinski definition) is 4. The highest BCUT2D eigenvalue weighted by molar-refractivity contribution is 6.30. The summed E-state index contributed by atoms with van der Waals surface area (Å²) in [5.74, 6) is -0.678. The van der Waals surface area contributed by atoms with E-state index in [1.807, 2.05) is 66.7 Å². The predicted octanol–water partition coefficient (Wildman–Crippen LogP) is 4.67. The van der Waals surface area contributed by atoms with E-state index < -0.39 is 0 Å². The highest BCUT2D eigenvalue weighted by Gasteiger charge is 2.70. The molecule has 0 spiro atoms. The lowest BCUT2D eigenvalue weighted by Crippen LogP contribution is -2.41. The lowest BCUT2D eigenvalue weighted by Gasteiger charge is -2.29. The molecule has 2 amide bonds. The molecule has 6 heteroatoms. The van der Waals surface area contributed by atoms with Crippen LogP contribution in [0.5, 0.6) is 0 Å². The van der Waals surface area contributed by atoms with E-state index in [2.05, 4.69) is 5.16 Å². The number of carbonyl (C=O) groups excluding carboxylic acids is 2. The van der Waals surface area contributed by atoms with Gasteiger partial charge in [0.15, 0.2) is 0 Å². The first-order valence-corrected chi connectivity index (χ1v) is 11.4. The lowest BCUT2D eigenvalue weighted by molar-refractivity contribution is -0.125. The Morgan fingerprint density at radius 3 is 2.34 bits per heavy atom. The second-order valence-electron chi connectivity index (χ2n) is 9.24. The Balaban J connectivity index is 1.25. The number of oxime groups is 1. The number of halogens is 1. The van der Waals surface area contributed by atoms with Crippen molar-refractivity contribution in [2.24, 2.45) is 34.7 Å². The Bertz CT molecular complexity index is 1330. The summed E-state index contributed by atoms with van der Waals surface area (Å²) in [6.07, 6.45) is 0.695. The minimum absolute atomic E-state index is 0.0189. The fraction of sp³-hybridized carbons (Fsp3) is 0.269. The Labute approximate surface area is 189 Å². The normalized spacial score (nSPS) is 32.3. The van der Waals surface area contributed by atoms with Crippen molar-refractivity contribution in [1.29, 1.82) is 0 Å². The fourth-order valence-corrected chi connectivity index (χ4v) is 6.68. The summed E-state index contributed by atoms with van der Waals surface area (Å²) in [4.78, 5) is 34.4. The monoisotopic (exact) mass is 442 g/mol. The predicted molar refractivity (Wildman–Crippen MR) is 121 cm³/mol. The summed E-state index contributed by atoms with van der Waals surface area (Å²) >= 11 is 6.05. The van der Waals surface area contributed by atoms with Gasteiger partial charge in [-0.05, 0) is 52.9 Å². The molecule has 6 atom stereocenters. The summed E-state index contributed by atoms with van der Waals surface area (Å²) in [5.41, 5.74) is 2.50. The summed E-state index contributed by atoms with van der Waals surface area (Å²) in [6.45, 7) is 0. The van der Waals surface area contributed by atoms with Gasteiger partial charge in [-0.15, -0.1) is 0 Å². The van der Waals surface area contributed by atoms with Crippen LogP contribution in [0, 0.1) is 29.6 Å². The van der Waals surface area contributed by atoms with E-state index in [1.165, 1.54) is 4.90 Å². The van der Waals surface area contributed by atoms with E-state index >= 15 is 0 Å². The summed E-state index contributed by atoms with van der Waals surface area (Å²) in [6, 6.07) is 21.3. The van der Waals surface area contributed by atoms with E-state index in [0.29, 0.717) is 10.7 Å². The van der Waals surface area contributed by atoms with Gasteiger partial charge in [0.1, 0.15) is 6.10 Å². The first kappa shape index (κ1) is 18.4. The van der Waals surface area contributed by atoms with E-state index in [4.69, 9.17) is 16.4 Å². The van der Waals surface area contributed by atoms with Crippen molar-refractivity contribution in [3.05, 3.63) is 77.3 Å². The average molecular weight is 443 g/mol. The molecule has 1 saturated heterocycles. The molecule has 3 fully saturated rings. The van der Waals surface area contributed by atoms with Crippen LogP contribution in [0.15, 0.2) is 71.9 Å². The van der Waals surface area contributed by atoms with Crippen molar-refractivity contribution in [1.82, 2.24) is 0 Å². The van der Waals surface area contributed by atoms with Crippen LogP contribution in [0.2, 0.25) is 5.02 Å². The molecule has 0 N–H and O–H groups in total. The molecule has 5 nitrogen and oxygen atoms in total. The van der Waals surface area contributed by atoms with Gasteiger partial charge in [0.2, 0.25) is 11.8 Å². The van der Waals surface area contributed by atoms with E-state index in [9.17, 15) is 9.59 Å². The maximum atomic E-state index is 13.6. The van der Waals surface area contributed by atoms with Gasteiger partial charge in [-0.1, -0.05) is 59.2 Å². The molecule has 7 rings (SSSR count). The van der Waals surface area contributed by atoms with Gasteiger partial charge >= 0.3 is 0 Å². The lowest BCUT2D eigenvalue weighted by atomic mass is 9.71. The SMILES string of the molecule is O=C1[C@@H]2[C@@H]3C[C@H]([C@H]4ON=C(c5ccc(Cl)cc5)[C@H]34)[C@@H]2C(=O)N1c1ccc2ccccc2c1. The highest BCUT2D eigenvalue weighted by Crippen LogP contribution is 2.62. The van der Waals surface area contributed by atoms with E-state index in [-0.39, 0.29) is 47.5 Å². The largest absolute Gasteiger partial charge is 0.391 e. The van der Waals surface area contributed by atoms with Crippen molar-refractivity contribution in [3.8, 4) is 0 Å². The second kappa shape index (κ2) is 6.42. The number of rotatable bonds is 2. The van der Waals surface area contributed by atoms with Gasteiger partial charge in [0.05, 0.1) is 23.2 Å². The second-order valence-corrected chi connectivity index (χ2v) is 9.67. The molecule has 0 unspecified atom stereocenters. The van der Waals surface area contributed by atoms with Crippen LogP contribution in [-0.2, 0) is 14.4 Å². The molecule has 4 aliphatic rings. The van der Waals surface area contributed by atoms with Crippen LogP contribution in [0.4, 0.5) is 5.69 Å². The molecule has 158 valence electrons. The first-order chi connectivity index (χ1) is 15.6. The zero-order valence-corrected chi connectivity index (χ0v) is 17.8. The number of carbonyl (C=O) groups is 2. The fourth-order valence-electron chi connectivity index (χ4n) is 6.56. The number of hydrogen-bond donors (Lipinski definition) is 0. The van der Waals surface area contributed by atoms with Gasteiger partial charge in [-0.25, -0.2) is 0 Å². The van der Waals surface area contributed by atoms with Gasteiger partial charge < -0.3 is 4.84 Å². The van der Waals surface area contributed by atoms with Crippen LogP contribution in [-0.4, -0.2) is 23.6 Å². The summed E-state index contributed by atoms with van der Waals surface area (Å²) in [7, 11) is 0. The third kappa shape index (κ3) is 2.32. The zero-order valence-electron chi connectivity index (χ0n) is 17.0. The molecule has 0 radical (unpaired) electrons. The molecule has 0 aromatic heterocycles. The molecular weight excluding hydrogens is 424 g/mol.